The Morgan fingerprint density at radius 1 is 0.889 bits per heavy atom. The number of nitrogens with zero attached hydrogens (tertiary/aromatic N) is 3. The summed E-state index contributed by atoms with van der Waals surface area (Å²) in [6.07, 6.45) is 0.905. The van der Waals surface area contributed by atoms with Gasteiger partial charge in [-0.15, -0.1) is 0 Å². The van der Waals surface area contributed by atoms with Crippen LogP contribution >= 0.6 is 0 Å². The van der Waals surface area contributed by atoms with Gasteiger partial charge in [0.15, 0.2) is 0 Å². The molecule has 7 heteroatoms. The minimum atomic E-state index is -0.552. The summed E-state index contributed by atoms with van der Waals surface area (Å²) in [6, 6.07) is 20.7. The number of carbonyl (C=O) groups excluding carboxylic acids is 1. The third kappa shape index (κ3) is 3.92. The lowest BCUT2D eigenvalue weighted by molar-refractivity contribution is -0.116. The number of benzene rings is 3. The van der Waals surface area contributed by atoms with Crippen LogP contribution in [0.1, 0.15) is 23.6 Å². The normalized spacial score (nSPS) is 11.3. The predicted molar refractivity (Wildman–Crippen MR) is 144 cm³/mol. The van der Waals surface area contributed by atoms with Crippen molar-refractivity contribution >= 4 is 33.5 Å². The van der Waals surface area contributed by atoms with Crippen molar-refractivity contribution in [3.63, 3.8) is 0 Å². The van der Waals surface area contributed by atoms with E-state index in [-0.39, 0.29) is 12.5 Å². The molecule has 5 aromatic rings. The molecule has 0 saturated heterocycles. The Hall–Kier alpha value is -4.39. The second kappa shape index (κ2) is 9.00. The predicted octanol–water partition coefficient (Wildman–Crippen LogP) is 4.46. The number of anilines is 1. The fraction of sp³-hybridized carbons (Fsp3) is 0.207. The van der Waals surface area contributed by atoms with Crippen molar-refractivity contribution in [2.24, 2.45) is 7.05 Å². The average Bonchev–Trinajstić information content (AvgIpc) is 3.14. The Morgan fingerprint density at radius 2 is 1.61 bits per heavy atom. The van der Waals surface area contributed by atoms with Crippen LogP contribution < -0.4 is 16.6 Å². The molecule has 2 heterocycles. The number of fused-ring (bicyclic) bond motifs is 3. The fourth-order valence-electron chi connectivity index (χ4n) is 4.78. The summed E-state index contributed by atoms with van der Waals surface area (Å²) in [7, 11) is 1.81. The Kier molecular flexibility index (Phi) is 5.84. The van der Waals surface area contributed by atoms with Crippen molar-refractivity contribution in [1.29, 1.82) is 0 Å². The van der Waals surface area contributed by atoms with E-state index < -0.39 is 11.2 Å². The largest absolute Gasteiger partial charge is 0.338 e. The van der Waals surface area contributed by atoms with Crippen LogP contribution in [0, 0.1) is 13.8 Å². The molecule has 7 nitrogen and oxygen atoms in total. The van der Waals surface area contributed by atoms with Gasteiger partial charge in [-0.05, 0) is 67.8 Å². The lowest BCUT2D eigenvalue weighted by Crippen LogP contribution is -2.41. The monoisotopic (exact) mass is 480 g/mol. The summed E-state index contributed by atoms with van der Waals surface area (Å²) in [5, 5.41) is 3.65. The number of hydrogen-bond acceptors (Lipinski definition) is 3. The van der Waals surface area contributed by atoms with Crippen LogP contribution in [0.3, 0.4) is 0 Å². The molecule has 0 unspecified atom stereocenters. The first kappa shape index (κ1) is 23.4. The molecule has 1 N–H and O–H groups in total. The van der Waals surface area contributed by atoms with Crippen LogP contribution in [0.15, 0.2) is 76.3 Å². The molecule has 0 fully saturated rings. The Morgan fingerprint density at radius 3 is 2.31 bits per heavy atom. The van der Waals surface area contributed by atoms with E-state index in [0.717, 1.165) is 33.0 Å². The lowest BCUT2D eigenvalue weighted by atomic mass is 10.1. The molecule has 182 valence electrons. The highest BCUT2D eigenvalue weighted by atomic mass is 16.2. The van der Waals surface area contributed by atoms with Crippen LogP contribution in [-0.2, 0) is 24.8 Å². The van der Waals surface area contributed by atoms with Crippen LogP contribution in [0.25, 0.3) is 27.6 Å². The second-order valence-corrected chi connectivity index (χ2v) is 9.22. The molecule has 3 aromatic carbocycles. The van der Waals surface area contributed by atoms with Gasteiger partial charge in [-0.25, -0.2) is 9.36 Å². The quantitative estimate of drug-likeness (QED) is 0.403. The van der Waals surface area contributed by atoms with E-state index in [1.807, 2.05) is 75.5 Å². The van der Waals surface area contributed by atoms with Gasteiger partial charge >= 0.3 is 5.69 Å². The summed E-state index contributed by atoms with van der Waals surface area (Å²) in [4.78, 5) is 40.8. The molecule has 0 spiro atoms. The maximum Gasteiger partial charge on any atom is 0.336 e. The zero-order chi connectivity index (χ0) is 25.6. The first-order valence-electron chi connectivity index (χ1n) is 12.0. The molecule has 0 saturated carbocycles. The van der Waals surface area contributed by atoms with Crippen LogP contribution in [0.4, 0.5) is 5.69 Å². The van der Waals surface area contributed by atoms with Crippen LogP contribution in [0.2, 0.25) is 0 Å². The summed E-state index contributed by atoms with van der Waals surface area (Å²) in [5.41, 5.74) is 4.90. The van der Waals surface area contributed by atoms with Gasteiger partial charge in [0.25, 0.3) is 5.56 Å². The SMILES string of the molecule is CCc1ccc(NC(=O)Cn2c(=O)n(-c3cccc(C)c3)c(=O)c3c2c2cc(C)ccc2n3C)cc1. The maximum absolute atomic E-state index is 13.9. The molecular weight excluding hydrogens is 452 g/mol. The van der Waals surface area contributed by atoms with Gasteiger partial charge in [0.2, 0.25) is 5.91 Å². The number of rotatable bonds is 5. The molecule has 1 amide bonds. The minimum Gasteiger partial charge on any atom is -0.338 e. The molecule has 0 aliphatic carbocycles. The van der Waals surface area contributed by atoms with Crippen molar-refractivity contribution in [2.75, 3.05) is 5.32 Å². The maximum atomic E-state index is 13.9. The Bertz CT molecular complexity index is 1750. The van der Waals surface area contributed by atoms with E-state index in [9.17, 15) is 14.4 Å². The number of hydrogen-bond donors (Lipinski definition) is 1. The van der Waals surface area contributed by atoms with E-state index in [4.69, 9.17) is 0 Å². The topological polar surface area (TPSA) is 78.0 Å². The third-order valence-electron chi connectivity index (χ3n) is 6.63. The van der Waals surface area contributed by atoms with Crippen molar-refractivity contribution in [2.45, 2.75) is 33.7 Å². The van der Waals surface area contributed by atoms with E-state index in [1.165, 1.54) is 10.1 Å². The van der Waals surface area contributed by atoms with Crippen molar-refractivity contribution in [3.05, 3.63) is 104 Å². The molecular formula is C29H28N4O3. The highest BCUT2D eigenvalue weighted by Crippen LogP contribution is 2.27. The fourth-order valence-corrected chi connectivity index (χ4v) is 4.78. The zero-order valence-corrected chi connectivity index (χ0v) is 20.8. The van der Waals surface area contributed by atoms with Gasteiger partial charge in [-0.2, -0.15) is 0 Å². The third-order valence-corrected chi connectivity index (χ3v) is 6.63. The zero-order valence-electron chi connectivity index (χ0n) is 20.8. The van der Waals surface area contributed by atoms with Gasteiger partial charge in [0.05, 0.1) is 16.7 Å². The summed E-state index contributed by atoms with van der Waals surface area (Å²) in [5.74, 6) is -0.346. The average molecular weight is 481 g/mol. The first-order valence-corrected chi connectivity index (χ1v) is 12.0. The van der Waals surface area contributed by atoms with Gasteiger partial charge in [-0.1, -0.05) is 42.8 Å². The van der Waals surface area contributed by atoms with E-state index >= 15 is 0 Å². The summed E-state index contributed by atoms with van der Waals surface area (Å²) >= 11 is 0. The molecule has 2 aromatic heterocycles. The number of carbonyl (C=O) groups is 1. The van der Waals surface area contributed by atoms with Gasteiger partial charge in [0.1, 0.15) is 12.1 Å². The molecule has 0 bridgehead atoms. The van der Waals surface area contributed by atoms with Gasteiger partial charge in [0, 0.05) is 18.1 Å². The molecule has 0 aliphatic heterocycles. The van der Waals surface area contributed by atoms with Crippen molar-refractivity contribution < 1.29 is 4.79 Å². The van der Waals surface area contributed by atoms with Crippen LogP contribution in [0.5, 0.6) is 0 Å². The Balaban J connectivity index is 1.74. The van der Waals surface area contributed by atoms with Gasteiger partial charge < -0.3 is 9.88 Å². The molecule has 0 radical (unpaired) electrons. The van der Waals surface area contributed by atoms with Crippen molar-refractivity contribution in [1.82, 2.24) is 13.7 Å². The highest BCUT2D eigenvalue weighted by molar-refractivity contribution is 6.06. The van der Waals surface area contributed by atoms with E-state index in [2.05, 4.69) is 12.2 Å². The number of aromatic nitrogens is 3. The Labute approximate surface area is 208 Å². The number of nitrogens with one attached hydrogen (secondary N) is 1. The molecule has 36 heavy (non-hydrogen) atoms. The number of amides is 1. The lowest BCUT2D eigenvalue weighted by Gasteiger charge is -2.14. The number of aryl methyl sites for hydroxylation is 4. The van der Waals surface area contributed by atoms with Crippen LogP contribution in [-0.4, -0.2) is 19.6 Å². The van der Waals surface area contributed by atoms with Gasteiger partial charge in [-0.3, -0.25) is 14.2 Å². The first-order chi connectivity index (χ1) is 17.3. The highest BCUT2D eigenvalue weighted by Gasteiger charge is 2.22. The van der Waals surface area contributed by atoms with Crippen molar-refractivity contribution in [3.8, 4) is 5.69 Å². The summed E-state index contributed by atoms with van der Waals surface area (Å²) < 4.78 is 4.37. The second-order valence-electron chi connectivity index (χ2n) is 9.22. The molecule has 0 atom stereocenters. The summed E-state index contributed by atoms with van der Waals surface area (Å²) in [6.45, 7) is 5.70. The molecule has 0 aliphatic rings. The smallest absolute Gasteiger partial charge is 0.336 e. The van der Waals surface area contributed by atoms with E-state index in [1.54, 1.807) is 16.7 Å². The van der Waals surface area contributed by atoms with E-state index in [0.29, 0.717) is 22.4 Å². The molecule has 5 rings (SSSR count). The standard InChI is InChI=1S/C29H28N4O3/c1-5-20-10-12-21(13-11-20)30-25(34)17-32-26-23-16-19(3)9-14-24(23)31(4)27(26)28(35)33(29(32)36)22-8-6-7-18(2)15-22/h6-16H,5,17H2,1-4H3,(H,30,34). The minimum absolute atomic E-state index is 0.232.